The Labute approximate surface area is 147 Å². The van der Waals surface area contributed by atoms with Gasteiger partial charge in [-0.3, -0.25) is 5.32 Å². The highest BCUT2D eigenvalue weighted by atomic mass is 19.1. The topological polar surface area (TPSA) is 93.5 Å². The number of halogens is 1. The zero-order chi connectivity index (χ0) is 18.5. The van der Waals surface area contributed by atoms with Gasteiger partial charge in [-0.1, -0.05) is 30.3 Å². The van der Waals surface area contributed by atoms with Crippen molar-refractivity contribution < 1.29 is 23.8 Å². The van der Waals surface area contributed by atoms with Crippen molar-refractivity contribution in [3.63, 3.8) is 0 Å². The predicted molar refractivity (Wildman–Crippen MR) is 90.7 cm³/mol. The van der Waals surface area contributed by atoms with Gasteiger partial charge in [-0.25, -0.2) is 18.7 Å². The molecule has 1 aromatic heterocycles. The number of carboxylic acids is 1. The van der Waals surface area contributed by atoms with Gasteiger partial charge in [-0.2, -0.15) is 5.10 Å². The minimum atomic E-state index is -1.20. The summed E-state index contributed by atoms with van der Waals surface area (Å²) in [6, 6.07) is 14.3. The van der Waals surface area contributed by atoms with Gasteiger partial charge in [-0.15, -0.1) is 0 Å². The Morgan fingerprint density at radius 1 is 1.15 bits per heavy atom. The minimum Gasteiger partial charge on any atom is -0.476 e. The first-order chi connectivity index (χ1) is 12.5. The highest BCUT2D eigenvalue weighted by molar-refractivity contribution is 5.85. The summed E-state index contributed by atoms with van der Waals surface area (Å²) in [6.45, 7) is 0.0957. The van der Waals surface area contributed by atoms with Crippen LogP contribution in [0.1, 0.15) is 16.1 Å². The van der Waals surface area contributed by atoms with Crippen LogP contribution in [0, 0.1) is 5.82 Å². The van der Waals surface area contributed by atoms with Crippen molar-refractivity contribution in [2.24, 2.45) is 0 Å². The van der Waals surface area contributed by atoms with Crippen LogP contribution in [-0.4, -0.2) is 26.9 Å². The Kier molecular flexibility index (Phi) is 4.93. The number of nitrogens with zero attached hydrogens (tertiary/aromatic N) is 2. The molecule has 2 aromatic carbocycles. The van der Waals surface area contributed by atoms with Crippen LogP contribution < -0.4 is 5.32 Å². The van der Waals surface area contributed by atoms with Gasteiger partial charge >= 0.3 is 12.1 Å². The first-order valence-electron chi connectivity index (χ1n) is 7.59. The van der Waals surface area contributed by atoms with E-state index in [4.69, 9.17) is 9.84 Å². The molecule has 26 heavy (non-hydrogen) atoms. The van der Waals surface area contributed by atoms with Crippen molar-refractivity contribution in [2.45, 2.75) is 6.61 Å². The van der Waals surface area contributed by atoms with Crippen LogP contribution in [0.2, 0.25) is 0 Å². The lowest BCUT2D eigenvalue weighted by Crippen LogP contribution is -2.14. The van der Waals surface area contributed by atoms with Gasteiger partial charge in [0.2, 0.25) is 0 Å². The molecule has 132 valence electrons. The number of anilines is 1. The largest absolute Gasteiger partial charge is 0.476 e. The van der Waals surface area contributed by atoms with Gasteiger partial charge in [0.05, 0.1) is 0 Å². The van der Waals surface area contributed by atoms with E-state index in [0.717, 1.165) is 16.3 Å². The van der Waals surface area contributed by atoms with Crippen LogP contribution in [-0.2, 0) is 11.3 Å². The van der Waals surface area contributed by atoms with Crippen molar-refractivity contribution in [1.29, 1.82) is 0 Å². The molecular weight excluding hydrogens is 341 g/mol. The first kappa shape index (κ1) is 17.2. The maximum Gasteiger partial charge on any atom is 0.411 e. The summed E-state index contributed by atoms with van der Waals surface area (Å²) >= 11 is 0. The van der Waals surface area contributed by atoms with E-state index in [1.807, 2.05) is 30.3 Å². The SMILES string of the molecule is O=C(Nc1ccc(-n2ccc(C(=O)O)n2)c(F)c1)OCc1ccccc1. The van der Waals surface area contributed by atoms with Crippen LogP contribution >= 0.6 is 0 Å². The molecule has 0 bridgehead atoms. The van der Waals surface area contributed by atoms with E-state index >= 15 is 0 Å². The maximum atomic E-state index is 14.2. The minimum absolute atomic E-state index is 0.0562. The van der Waals surface area contributed by atoms with Crippen LogP contribution in [0.3, 0.4) is 0 Å². The monoisotopic (exact) mass is 355 g/mol. The van der Waals surface area contributed by atoms with Crippen molar-refractivity contribution in [3.05, 3.63) is 77.9 Å². The summed E-state index contributed by atoms with van der Waals surface area (Å²) in [6.07, 6.45) is 0.622. The molecule has 1 amide bonds. The number of carboxylic acid groups (broad SMARTS) is 1. The summed E-state index contributed by atoms with van der Waals surface area (Å²) in [4.78, 5) is 22.6. The molecule has 0 aliphatic heterocycles. The van der Waals surface area contributed by atoms with E-state index < -0.39 is 17.9 Å². The average molecular weight is 355 g/mol. The third-order valence-corrected chi connectivity index (χ3v) is 3.46. The van der Waals surface area contributed by atoms with Crippen LogP contribution in [0.5, 0.6) is 0 Å². The second-order valence-corrected chi connectivity index (χ2v) is 5.30. The second-order valence-electron chi connectivity index (χ2n) is 5.30. The van der Waals surface area contributed by atoms with Crippen molar-refractivity contribution >= 4 is 17.7 Å². The predicted octanol–water partition coefficient (Wildman–Crippen LogP) is 3.46. The summed E-state index contributed by atoms with van der Waals surface area (Å²) in [5.74, 6) is -1.88. The number of hydrogen-bond donors (Lipinski definition) is 2. The zero-order valence-electron chi connectivity index (χ0n) is 13.4. The number of benzene rings is 2. The van der Waals surface area contributed by atoms with Crippen molar-refractivity contribution in [1.82, 2.24) is 9.78 Å². The highest BCUT2D eigenvalue weighted by Gasteiger charge is 2.12. The van der Waals surface area contributed by atoms with Gasteiger partial charge < -0.3 is 9.84 Å². The molecule has 2 N–H and O–H groups in total. The molecule has 0 radical (unpaired) electrons. The molecule has 0 aliphatic carbocycles. The molecule has 0 fully saturated rings. The van der Waals surface area contributed by atoms with E-state index in [2.05, 4.69) is 10.4 Å². The molecule has 0 saturated carbocycles. The summed E-state index contributed by atoms with van der Waals surface area (Å²) in [7, 11) is 0. The molecule has 0 spiro atoms. The van der Waals surface area contributed by atoms with E-state index in [9.17, 15) is 14.0 Å². The molecule has 3 aromatic rings. The van der Waals surface area contributed by atoms with E-state index in [1.165, 1.54) is 24.4 Å². The lowest BCUT2D eigenvalue weighted by molar-refractivity contribution is 0.0690. The van der Waals surface area contributed by atoms with Gasteiger partial charge in [-0.05, 0) is 29.8 Å². The Morgan fingerprint density at radius 3 is 2.58 bits per heavy atom. The number of ether oxygens (including phenoxy) is 1. The standard InChI is InChI=1S/C18H14FN3O4/c19-14-10-13(20-18(25)26-11-12-4-2-1-3-5-12)6-7-16(14)22-9-8-15(21-22)17(23)24/h1-10H,11H2,(H,20,25)(H,23,24). The van der Waals surface area contributed by atoms with Crippen LogP contribution in [0.15, 0.2) is 60.8 Å². The van der Waals surface area contributed by atoms with Gasteiger partial charge in [0.1, 0.15) is 12.3 Å². The Morgan fingerprint density at radius 2 is 1.92 bits per heavy atom. The number of nitrogens with one attached hydrogen (secondary N) is 1. The fraction of sp³-hybridized carbons (Fsp3) is 0.0556. The molecule has 0 aliphatic rings. The molecule has 0 unspecified atom stereocenters. The summed E-state index contributed by atoms with van der Waals surface area (Å²) < 4.78 is 20.4. The third kappa shape index (κ3) is 4.04. The third-order valence-electron chi connectivity index (χ3n) is 3.46. The number of amides is 1. The summed E-state index contributed by atoms with van der Waals surface area (Å²) in [5.41, 5.74) is 0.892. The smallest absolute Gasteiger partial charge is 0.411 e. The average Bonchev–Trinajstić information content (AvgIpc) is 3.11. The number of carbonyl (C=O) groups excluding carboxylic acids is 1. The molecular formula is C18H14FN3O4. The fourth-order valence-corrected chi connectivity index (χ4v) is 2.22. The van der Waals surface area contributed by atoms with E-state index in [1.54, 1.807) is 0 Å². The lowest BCUT2D eigenvalue weighted by atomic mass is 10.2. The maximum absolute atomic E-state index is 14.2. The lowest BCUT2D eigenvalue weighted by Gasteiger charge is -2.09. The molecule has 7 nitrogen and oxygen atoms in total. The van der Waals surface area contributed by atoms with Crippen molar-refractivity contribution in [2.75, 3.05) is 5.32 Å². The van der Waals surface area contributed by atoms with Crippen LogP contribution in [0.4, 0.5) is 14.9 Å². The number of carbonyl (C=O) groups is 2. The molecule has 8 heteroatoms. The number of aromatic nitrogens is 2. The second kappa shape index (κ2) is 7.47. The Bertz CT molecular complexity index is 941. The van der Waals surface area contributed by atoms with Crippen molar-refractivity contribution in [3.8, 4) is 5.69 Å². The number of rotatable bonds is 5. The zero-order valence-corrected chi connectivity index (χ0v) is 13.4. The van der Waals surface area contributed by atoms with E-state index in [0.29, 0.717) is 0 Å². The number of aromatic carboxylic acids is 1. The first-order valence-corrected chi connectivity index (χ1v) is 7.59. The fourth-order valence-electron chi connectivity index (χ4n) is 2.22. The molecule has 0 saturated heterocycles. The highest BCUT2D eigenvalue weighted by Crippen LogP contribution is 2.18. The van der Waals surface area contributed by atoms with E-state index in [-0.39, 0.29) is 23.7 Å². The quantitative estimate of drug-likeness (QED) is 0.731. The molecule has 0 atom stereocenters. The Hall–Kier alpha value is -3.68. The van der Waals surface area contributed by atoms with Gasteiger partial charge in [0.25, 0.3) is 0 Å². The van der Waals surface area contributed by atoms with Gasteiger partial charge in [0, 0.05) is 11.9 Å². The normalized spacial score (nSPS) is 10.3. The Balaban J connectivity index is 1.65. The van der Waals surface area contributed by atoms with Gasteiger partial charge in [0.15, 0.2) is 11.5 Å². The van der Waals surface area contributed by atoms with Crippen LogP contribution in [0.25, 0.3) is 5.69 Å². The summed E-state index contributed by atoms with van der Waals surface area (Å²) in [5, 5.41) is 15.0. The molecule has 1 heterocycles. The number of hydrogen-bond acceptors (Lipinski definition) is 4. The molecule has 3 rings (SSSR count).